The Labute approximate surface area is 88.3 Å². The van der Waals surface area contributed by atoms with Crippen LogP contribution in [0.1, 0.15) is 12.0 Å². The van der Waals surface area contributed by atoms with Crippen LogP contribution in [0.15, 0.2) is 18.2 Å². The molecule has 0 heterocycles. The summed E-state index contributed by atoms with van der Waals surface area (Å²) in [6.07, 6.45) is 0.855. The lowest BCUT2D eigenvalue weighted by molar-refractivity contribution is 0.194. The lowest BCUT2D eigenvalue weighted by Crippen LogP contribution is -2.17. The van der Waals surface area contributed by atoms with Crippen LogP contribution in [-0.2, 0) is 11.3 Å². The number of hydrogen-bond acceptors (Lipinski definition) is 2. The van der Waals surface area contributed by atoms with Gasteiger partial charge in [0.2, 0.25) is 0 Å². The van der Waals surface area contributed by atoms with E-state index >= 15 is 0 Å². The molecule has 0 amide bonds. The maximum Gasteiger partial charge on any atom is 0.127 e. The van der Waals surface area contributed by atoms with E-state index in [0.717, 1.165) is 25.1 Å². The molecule has 0 aromatic heterocycles. The Morgan fingerprint density at radius 3 is 2.87 bits per heavy atom. The van der Waals surface area contributed by atoms with Crippen molar-refractivity contribution in [3.05, 3.63) is 35.4 Å². The van der Waals surface area contributed by atoms with Crippen LogP contribution in [0.5, 0.6) is 0 Å². The minimum atomic E-state index is -0.412. The molecule has 0 saturated heterocycles. The van der Waals surface area contributed by atoms with E-state index in [1.165, 1.54) is 6.07 Å². The molecule has 1 N–H and O–H groups in total. The van der Waals surface area contributed by atoms with E-state index in [1.807, 2.05) is 0 Å². The van der Waals surface area contributed by atoms with E-state index in [9.17, 15) is 8.78 Å². The van der Waals surface area contributed by atoms with Crippen LogP contribution < -0.4 is 5.32 Å². The van der Waals surface area contributed by atoms with Crippen LogP contribution in [0.4, 0.5) is 8.78 Å². The molecule has 0 atom stereocenters. The number of methoxy groups -OCH3 is 1. The third-order valence-electron chi connectivity index (χ3n) is 2.03. The van der Waals surface area contributed by atoms with Gasteiger partial charge in [0.15, 0.2) is 0 Å². The standard InChI is InChI=1S/C11H15F2NO/c1-15-6-2-5-14-8-9-7-10(12)3-4-11(9)13/h3-4,7,14H,2,5-6,8H2,1H3. The number of benzene rings is 1. The molecular weight excluding hydrogens is 200 g/mol. The largest absolute Gasteiger partial charge is 0.385 e. The van der Waals surface area contributed by atoms with Crippen LogP contribution in [0.25, 0.3) is 0 Å². The van der Waals surface area contributed by atoms with Crippen LogP contribution in [0.2, 0.25) is 0 Å². The quantitative estimate of drug-likeness (QED) is 0.734. The van der Waals surface area contributed by atoms with Gasteiger partial charge < -0.3 is 10.1 Å². The predicted molar refractivity (Wildman–Crippen MR) is 54.6 cm³/mol. The average Bonchev–Trinajstić information content (AvgIpc) is 2.23. The molecule has 84 valence electrons. The second kappa shape index (κ2) is 6.48. The van der Waals surface area contributed by atoms with Crippen molar-refractivity contribution in [2.24, 2.45) is 0 Å². The summed E-state index contributed by atoms with van der Waals surface area (Å²) >= 11 is 0. The Morgan fingerprint density at radius 2 is 2.13 bits per heavy atom. The van der Waals surface area contributed by atoms with Crippen molar-refractivity contribution in [3.63, 3.8) is 0 Å². The van der Waals surface area contributed by atoms with Gasteiger partial charge in [-0.25, -0.2) is 8.78 Å². The normalized spacial score (nSPS) is 10.6. The number of rotatable bonds is 6. The van der Waals surface area contributed by atoms with E-state index in [-0.39, 0.29) is 5.82 Å². The minimum Gasteiger partial charge on any atom is -0.385 e. The SMILES string of the molecule is COCCCNCc1cc(F)ccc1F. The first-order valence-corrected chi connectivity index (χ1v) is 4.87. The van der Waals surface area contributed by atoms with Crippen molar-refractivity contribution >= 4 is 0 Å². The van der Waals surface area contributed by atoms with Crippen molar-refractivity contribution in [1.29, 1.82) is 0 Å². The predicted octanol–water partition coefficient (Wildman–Crippen LogP) is 2.09. The fourth-order valence-electron chi connectivity index (χ4n) is 1.24. The number of ether oxygens (including phenoxy) is 1. The summed E-state index contributed by atoms with van der Waals surface area (Å²) in [5.41, 5.74) is 0.354. The summed E-state index contributed by atoms with van der Waals surface area (Å²) in [4.78, 5) is 0. The summed E-state index contributed by atoms with van der Waals surface area (Å²) in [6, 6.07) is 3.46. The summed E-state index contributed by atoms with van der Waals surface area (Å²) < 4.78 is 30.7. The topological polar surface area (TPSA) is 21.3 Å². The minimum absolute atomic E-state index is 0.341. The van der Waals surface area contributed by atoms with Gasteiger partial charge in [0.1, 0.15) is 11.6 Å². The van der Waals surface area contributed by atoms with Gasteiger partial charge in [-0.15, -0.1) is 0 Å². The van der Waals surface area contributed by atoms with Gasteiger partial charge in [-0.1, -0.05) is 0 Å². The van der Waals surface area contributed by atoms with Crippen LogP contribution >= 0.6 is 0 Å². The molecule has 0 aliphatic rings. The van der Waals surface area contributed by atoms with Gasteiger partial charge in [0.05, 0.1) is 0 Å². The van der Waals surface area contributed by atoms with Crippen molar-refractivity contribution in [2.45, 2.75) is 13.0 Å². The first-order chi connectivity index (χ1) is 7.24. The smallest absolute Gasteiger partial charge is 0.127 e. The molecule has 0 spiro atoms. The molecule has 4 heteroatoms. The fourth-order valence-corrected chi connectivity index (χ4v) is 1.24. The summed E-state index contributed by atoms with van der Waals surface area (Å²) in [5.74, 6) is -0.791. The third kappa shape index (κ3) is 4.36. The second-order valence-corrected chi connectivity index (χ2v) is 3.26. The molecule has 0 fully saturated rings. The lowest BCUT2D eigenvalue weighted by Gasteiger charge is -2.05. The first-order valence-electron chi connectivity index (χ1n) is 4.87. The molecule has 0 aliphatic carbocycles. The van der Waals surface area contributed by atoms with Crippen molar-refractivity contribution in [1.82, 2.24) is 5.32 Å². The van der Waals surface area contributed by atoms with Crippen molar-refractivity contribution in [3.8, 4) is 0 Å². The van der Waals surface area contributed by atoms with Crippen molar-refractivity contribution in [2.75, 3.05) is 20.3 Å². The fraction of sp³-hybridized carbons (Fsp3) is 0.455. The molecule has 1 rings (SSSR count). The van der Waals surface area contributed by atoms with Crippen LogP contribution in [0, 0.1) is 11.6 Å². The number of hydrogen-bond donors (Lipinski definition) is 1. The third-order valence-corrected chi connectivity index (χ3v) is 2.03. The first kappa shape index (κ1) is 12.1. The molecule has 1 aromatic rings. The zero-order valence-electron chi connectivity index (χ0n) is 8.72. The highest BCUT2D eigenvalue weighted by atomic mass is 19.1. The van der Waals surface area contributed by atoms with Gasteiger partial charge in [-0.05, 0) is 31.2 Å². The number of nitrogens with one attached hydrogen (secondary N) is 1. The summed E-state index contributed by atoms with van der Waals surface area (Å²) in [5, 5.41) is 3.02. The molecule has 0 saturated carbocycles. The number of halogens is 2. The Hall–Kier alpha value is -1.00. The molecule has 1 aromatic carbocycles. The van der Waals surface area contributed by atoms with Crippen molar-refractivity contribution < 1.29 is 13.5 Å². The second-order valence-electron chi connectivity index (χ2n) is 3.26. The maximum atomic E-state index is 13.1. The van der Waals surface area contributed by atoms with Gasteiger partial charge in [-0.2, -0.15) is 0 Å². The van der Waals surface area contributed by atoms with Crippen LogP contribution in [0.3, 0.4) is 0 Å². The Kier molecular flexibility index (Phi) is 5.21. The van der Waals surface area contributed by atoms with Gasteiger partial charge in [-0.3, -0.25) is 0 Å². The highest BCUT2D eigenvalue weighted by Crippen LogP contribution is 2.08. The van der Waals surface area contributed by atoms with Gasteiger partial charge in [0.25, 0.3) is 0 Å². The summed E-state index contributed by atoms with van der Waals surface area (Å²) in [6.45, 7) is 1.73. The lowest BCUT2D eigenvalue weighted by atomic mass is 10.2. The average molecular weight is 215 g/mol. The molecule has 0 unspecified atom stereocenters. The molecule has 0 bridgehead atoms. The zero-order chi connectivity index (χ0) is 11.1. The Bertz CT molecular complexity index is 305. The highest BCUT2D eigenvalue weighted by Gasteiger charge is 2.02. The van der Waals surface area contributed by atoms with Gasteiger partial charge in [0, 0.05) is 25.8 Å². The molecule has 0 aliphatic heterocycles. The highest BCUT2D eigenvalue weighted by molar-refractivity contribution is 5.18. The van der Waals surface area contributed by atoms with E-state index in [1.54, 1.807) is 7.11 Å². The molecule has 0 radical (unpaired) electrons. The summed E-state index contributed by atoms with van der Waals surface area (Å²) in [7, 11) is 1.63. The maximum absolute atomic E-state index is 13.1. The Balaban J connectivity index is 2.33. The van der Waals surface area contributed by atoms with E-state index < -0.39 is 5.82 Å². The van der Waals surface area contributed by atoms with E-state index in [2.05, 4.69) is 5.32 Å². The zero-order valence-corrected chi connectivity index (χ0v) is 8.72. The van der Waals surface area contributed by atoms with Gasteiger partial charge >= 0.3 is 0 Å². The van der Waals surface area contributed by atoms with E-state index in [0.29, 0.717) is 18.7 Å². The van der Waals surface area contributed by atoms with E-state index in [4.69, 9.17) is 4.74 Å². The molecule has 15 heavy (non-hydrogen) atoms. The molecular formula is C11H15F2NO. The molecule has 2 nitrogen and oxygen atoms in total. The van der Waals surface area contributed by atoms with Crippen LogP contribution in [-0.4, -0.2) is 20.3 Å². The monoisotopic (exact) mass is 215 g/mol. The Morgan fingerprint density at radius 1 is 1.33 bits per heavy atom.